The van der Waals surface area contributed by atoms with Crippen LogP contribution < -0.4 is 0 Å². The number of hydrogen-bond acceptors (Lipinski definition) is 2. The van der Waals surface area contributed by atoms with Crippen molar-refractivity contribution < 1.29 is 0 Å². The Balaban J connectivity index is 1.12. The van der Waals surface area contributed by atoms with Crippen molar-refractivity contribution in [2.24, 2.45) is 0 Å². The van der Waals surface area contributed by atoms with Crippen molar-refractivity contribution in [2.75, 3.05) is 0 Å². The Kier molecular flexibility index (Phi) is 7.41. The van der Waals surface area contributed by atoms with Gasteiger partial charge in [0.05, 0.1) is 38.7 Å². The molecule has 3 heteroatoms. The van der Waals surface area contributed by atoms with E-state index < -0.39 is 16.2 Å². The predicted octanol–water partition coefficient (Wildman–Crippen LogP) is 15.0. The fourth-order valence-electron chi connectivity index (χ4n) is 14.2. The second kappa shape index (κ2) is 13.6. The summed E-state index contributed by atoms with van der Waals surface area (Å²) in [5, 5.41) is 2.51. The molecule has 0 saturated carbocycles. The molecule has 0 atom stereocenters. The normalized spacial score (nSPS) is 15.2. The van der Waals surface area contributed by atoms with Gasteiger partial charge in [0.2, 0.25) is 0 Å². The average Bonchev–Trinajstić information content (AvgIpc) is 4.12. The summed E-state index contributed by atoms with van der Waals surface area (Å²) in [6.45, 7) is 0. The van der Waals surface area contributed by atoms with E-state index in [0.29, 0.717) is 0 Å². The average molecular weight is 888 g/mol. The van der Waals surface area contributed by atoms with Gasteiger partial charge in [-0.25, -0.2) is 0 Å². The standard InChI is InChI=1S/C67H41N3/c1-3-19-42(20-4-1)65(43-21-5-2-6-22-43)53-29-13-14-30-54(53)67(55-31-17-37-68-63(55)64-56(67)32-18-38-69-64)59-40-50-47-36-35-44(70-61-33-15-9-25-48(61)49-26-10-16-34-62(49)70)39-57(47)66(58(50)41-60(59)65)51-27-11-7-23-45(51)46-24-8-12-28-52(46)66/h1-41H. The number of fused-ring (bicyclic) bond motifs is 22. The molecular weight excluding hydrogens is 847 g/mol. The molecule has 0 radical (unpaired) electrons. The molecule has 70 heavy (non-hydrogen) atoms. The minimum atomic E-state index is -0.731. The molecule has 0 fully saturated rings. The van der Waals surface area contributed by atoms with Gasteiger partial charge in [0.15, 0.2) is 0 Å². The molecule has 2 spiro atoms. The second-order valence-corrected chi connectivity index (χ2v) is 19.5. The van der Waals surface area contributed by atoms with Crippen molar-refractivity contribution in [3.8, 4) is 39.3 Å². The fourth-order valence-corrected chi connectivity index (χ4v) is 14.2. The Morgan fingerprint density at radius 1 is 0.271 bits per heavy atom. The third-order valence-electron chi connectivity index (χ3n) is 16.7. The molecular formula is C67H41N3. The molecule has 3 aromatic heterocycles. The lowest BCUT2D eigenvalue weighted by atomic mass is 9.51. The van der Waals surface area contributed by atoms with Crippen molar-refractivity contribution in [3.63, 3.8) is 0 Å². The molecule has 16 rings (SSSR count). The Labute approximate surface area is 405 Å². The van der Waals surface area contributed by atoms with E-state index in [9.17, 15) is 0 Å². The zero-order chi connectivity index (χ0) is 45.8. The first kappa shape index (κ1) is 38.1. The van der Waals surface area contributed by atoms with Crippen molar-refractivity contribution in [1.82, 2.24) is 14.5 Å². The maximum atomic E-state index is 5.18. The highest BCUT2D eigenvalue weighted by molar-refractivity contribution is 6.09. The van der Waals surface area contributed by atoms with Crippen LogP contribution in [0.2, 0.25) is 0 Å². The SMILES string of the molecule is c1ccc(C2(c3ccccc3)c3ccccc3C3(c4cc5c(cc42)C2(c4ccccc4-c4ccccc42)c2cc(-n4c6ccccc6c6ccccc64)ccc2-5)c2cccnc2-c2ncccc23)cc1. The van der Waals surface area contributed by atoms with E-state index >= 15 is 0 Å². The lowest BCUT2D eigenvalue weighted by molar-refractivity contribution is 0.620. The largest absolute Gasteiger partial charge is 0.309 e. The maximum Gasteiger partial charge on any atom is 0.0937 e. The lowest BCUT2D eigenvalue weighted by Crippen LogP contribution is -2.45. The summed E-state index contributed by atoms with van der Waals surface area (Å²) in [4.78, 5) is 10.4. The van der Waals surface area contributed by atoms with Crippen molar-refractivity contribution >= 4 is 21.8 Å². The number of pyridine rings is 2. The molecule has 3 nitrogen and oxygen atoms in total. The summed E-state index contributed by atoms with van der Waals surface area (Å²) in [7, 11) is 0. The quantitative estimate of drug-likeness (QED) is 0.177. The van der Waals surface area contributed by atoms with Crippen LogP contribution in [0.5, 0.6) is 0 Å². The van der Waals surface area contributed by atoms with Gasteiger partial charge >= 0.3 is 0 Å². The third kappa shape index (κ3) is 4.39. The molecule has 0 amide bonds. The summed E-state index contributed by atoms with van der Waals surface area (Å²) < 4.78 is 2.48. The highest BCUT2D eigenvalue weighted by atomic mass is 15.0. The monoisotopic (exact) mass is 887 g/mol. The van der Waals surface area contributed by atoms with Gasteiger partial charge in [0.1, 0.15) is 0 Å². The van der Waals surface area contributed by atoms with Crippen molar-refractivity contribution in [2.45, 2.75) is 16.2 Å². The van der Waals surface area contributed by atoms with Crippen LogP contribution in [0.1, 0.15) is 66.8 Å². The molecule has 12 aromatic rings. The van der Waals surface area contributed by atoms with Crippen LogP contribution in [-0.4, -0.2) is 14.5 Å². The predicted molar refractivity (Wildman–Crippen MR) is 282 cm³/mol. The van der Waals surface area contributed by atoms with E-state index in [4.69, 9.17) is 9.97 Å². The summed E-state index contributed by atoms with van der Waals surface area (Å²) in [6, 6.07) is 89.4. The first-order valence-corrected chi connectivity index (χ1v) is 24.4. The number of aromatic nitrogens is 3. The van der Waals surface area contributed by atoms with Crippen LogP contribution in [0.3, 0.4) is 0 Å². The molecule has 4 aliphatic carbocycles. The van der Waals surface area contributed by atoms with Gasteiger partial charge < -0.3 is 4.57 Å². The van der Waals surface area contributed by atoms with Gasteiger partial charge in [-0.05, 0) is 131 Å². The Hall–Kier alpha value is -8.92. The zero-order valence-corrected chi connectivity index (χ0v) is 38.0. The number of benzene rings is 9. The van der Waals surface area contributed by atoms with Crippen LogP contribution in [0.15, 0.2) is 249 Å². The van der Waals surface area contributed by atoms with Crippen molar-refractivity contribution in [1.29, 1.82) is 0 Å². The fraction of sp³-hybridized carbons (Fsp3) is 0.0448. The van der Waals surface area contributed by atoms with E-state index in [-0.39, 0.29) is 0 Å². The molecule has 0 saturated heterocycles. The summed E-state index contributed by atoms with van der Waals surface area (Å²) in [5.41, 5.74) is 23.5. The van der Waals surface area contributed by atoms with Gasteiger partial charge in [-0.1, -0.05) is 194 Å². The van der Waals surface area contributed by atoms with Crippen molar-refractivity contribution in [3.05, 3.63) is 316 Å². The minimum absolute atomic E-state index is 0.639. The molecule has 4 aliphatic rings. The number of hydrogen-bond donors (Lipinski definition) is 0. The van der Waals surface area contributed by atoms with E-state index in [1.54, 1.807) is 0 Å². The molecule has 0 N–H and O–H groups in total. The highest BCUT2D eigenvalue weighted by Crippen LogP contribution is 2.68. The first-order valence-electron chi connectivity index (χ1n) is 24.4. The molecule has 324 valence electrons. The summed E-state index contributed by atoms with van der Waals surface area (Å²) in [5.74, 6) is 0. The molecule has 0 aliphatic heterocycles. The van der Waals surface area contributed by atoms with Gasteiger partial charge in [-0.3, -0.25) is 9.97 Å². The van der Waals surface area contributed by atoms with Gasteiger partial charge in [0.25, 0.3) is 0 Å². The first-order chi connectivity index (χ1) is 34.7. The molecule has 0 unspecified atom stereocenters. The summed E-state index contributed by atoms with van der Waals surface area (Å²) in [6.07, 6.45) is 3.85. The smallest absolute Gasteiger partial charge is 0.0937 e. The number of nitrogens with zero attached hydrogens (tertiary/aromatic N) is 3. The third-order valence-corrected chi connectivity index (χ3v) is 16.7. The maximum absolute atomic E-state index is 5.18. The Morgan fingerprint density at radius 2 is 0.700 bits per heavy atom. The number of rotatable bonds is 3. The Morgan fingerprint density at radius 3 is 1.29 bits per heavy atom. The molecule has 3 heterocycles. The Bertz CT molecular complexity index is 4020. The van der Waals surface area contributed by atoms with E-state index in [2.05, 4.69) is 241 Å². The number of para-hydroxylation sites is 2. The second-order valence-electron chi connectivity index (χ2n) is 19.5. The van der Waals surface area contributed by atoms with Crippen LogP contribution in [0, 0.1) is 0 Å². The van der Waals surface area contributed by atoms with Crippen LogP contribution in [-0.2, 0) is 16.2 Å². The zero-order valence-electron chi connectivity index (χ0n) is 38.0. The van der Waals surface area contributed by atoms with Crippen LogP contribution in [0.25, 0.3) is 61.1 Å². The van der Waals surface area contributed by atoms with E-state index in [0.717, 1.165) is 17.1 Å². The molecule has 9 aromatic carbocycles. The van der Waals surface area contributed by atoms with E-state index in [1.807, 2.05) is 12.4 Å². The summed E-state index contributed by atoms with van der Waals surface area (Å²) >= 11 is 0. The minimum Gasteiger partial charge on any atom is -0.309 e. The van der Waals surface area contributed by atoms with Gasteiger partial charge in [0, 0.05) is 28.9 Å². The van der Waals surface area contributed by atoms with Gasteiger partial charge in [-0.15, -0.1) is 0 Å². The van der Waals surface area contributed by atoms with Crippen LogP contribution >= 0.6 is 0 Å². The van der Waals surface area contributed by atoms with Crippen LogP contribution in [0.4, 0.5) is 0 Å². The highest BCUT2D eigenvalue weighted by Gasteiger charge is 2.60. The van der Waals surface area contributed by atoms with Gasteiger partial charge in [-0.2, -0.15) is 0 Å². The topological polar surface area (TPSA) is 30.7 Å². The lowest BCUT2D eigenvalue weighted by Gasteiger charge is -2.50. The molecule has 0 bridgehead atoms. The van der Waals surface area contributed by atoms with E-state index in [1.165, 1.54) is 111 Å².